The highest BCUT2D eigenvalue weighted by Crippen LogP contribution is 2.29. The molecule has 0 aliphatic carbocycles. The molecular formula is C24H30O4. The normalized spacial score (nSPS) is 10.3. The average molecular weight is 383 g/mol. The molecule has 150 valence electrons. The Balaban J connectivity index is 1.82. The third kappa shape index (κ3) is 7.03. The van der Waals surface area contributed by atoms with Crippen molar-refractivity contribution in [3.63, 3.8) is 0 Å². The fraction of sp³-hybridized carbons (Fsp3) is 0.333. The first-order valence-electron chi connectivity index (χ1n) is 9.59. The summed E-state index contributed by atoms with van der Waals surface area (Å²) in [5.41, 5.74) is 4.22. The monoisotopic (exact) mass is 382 g/mol. The van der Waals surface area contributed by atoms with Gasteiger partial charge in [-0.15, -0.1) is 0 Å². The molecule has 0 saturated carbocycles. The molecule has 0 fully saturated rings. The minimum absolute atomic E-state index is 0.159. The summed E-state index contributed by atoms with van der Waals surface area (Å²) in [5.74, 6) is 1.26. The zero-order valence-corrected chi connectivity index (χ0v) is 17.2. The molecule has 0 amide bonds. The average Bonchev–Trinajstić information content (AvgIpc) is 2.63. The van der Waals surface area contributed by atoms with Gasteiger partial charge in [0.15, 0.2) is 23.0 Å². The van der Waals surface area contributed by atoms with Crippen LogP contribution in [0.4, 0.5) is 0 Å². The van der Waals surface area contributed by atoms with Gasteiger partial charge in [0.2, 0.25) is 0 Å². The molecule has 2 aromatic carbocycles. The van der Waals surface area contributed by atoms with Crippen molar-refractivity contribution in [2.75, 3.05) is 0 Å². The van der Waals surface area contributed by atoms with E-state index in [0.29, 0.717) is 11.5 Å². The predicted molar refractivity (Wildman–Crippen MR) is 113 cm³/mol. The number of rotatable bonds is 9. The lowest BCUT2D eigenvalue weighted by molar-refractivity contribution is 0.407. The summed E-state index contributed by atoms with van der Waals surface area (Å²) in [4.78, 5) is 0. The molecule has 2 N–H and O–H groups in total. The maximum absolute atomic E-state index is 10.1. The molecule has 0 saturated heterocycles. The zero-order chi connectivity index (χ0) is 20.5. The second-order valence-corrected chi connectivity index (χ2v) is 7.44. The number of aromatic hydroxyl groups is 2. The van der Waals surface area contributed by atoms with Gasteiger partial charge < -0.3 is 19.7 Å². The van der Waals surface area contributed by atoms with Gasteiger partial charge in [-0.2, -0.15) is 0 Å². The number of aryl methyl sites for hydroxylation is 2. The van der Waals surface area contributed by atoms with Crippen molar-refractivity contribution in [3.8, 4) is 23.0 Å². The molecule has 2 rings (SSSR count). The molecule has 0 unspecified atom stereocenters. The summed E-state index contributed by atoms with van der Waals surface area (Å²) in [7, 11) is 0. The van der Waals surface area contributed by atoms with Crippen LogP contribution in [0.1, 0.15) is 51.7 Å². The van der Waals surface area contributed by atoms with E-state index in [1.165, 1.54) is 0 Å². The van der Waals surface area contributed by atoms with Crippen LogP contribution in [0, 0.1) is 0 Å². The third-order valence-electron chi connectivity index (χ3n) is 4.07. The Morgan fingerprint density at radius 2 is 1.11 bits per heavy atom. The first kappa shape index (κ1) is 21.4. The Hall–Kier alpha value is -2.88. The number of hydrogen-bond acceptors (Lipinski definition) is 4. The molecule has 0 atom stereocenters. The molecule has 0 aliphatic rings. The van der Waals surface area contributed by atoms with Crippen molar-refractivity contribution < 1.29 is 19.7 Å². The molecule has 0 radical (unpaired) electrons. The Morgan fingerprint density at radius 3 is 1.43 bits per heavy atom. The molecule has 28 heavy (non-hydrogen) atoms. The molecular weight excluding hydrogens is 352 g/mol. The van der Waals surface area contributed by atoms with Crippen LogP contribution in [0.2, 0.25) is 0 Å². The Labute approximate surface area is 167 Å². The van der Waals surface area contributed by atoms with Crippen molar-refractivity contribution >= 4 is 0 Å². The number of phenols is 2. The van der Waals surface area contributed by atoms with Crippen molar-refractivity contribution in [2.24, 2.45) is 0 Å². The Bertz CT molecular complexity index is 770. The predicted octanol–water partition coefficient (Wildman–Crippen LogP) is 6.27. The quantitative estimate of drug-likeness (QED) is 0.396. The Kier molecular flexibility index (Phi) is 8.00. The fourth-order valence-corrected chi connectivity index (χ4v) is 2.66. The lowest BCUT2D eigenvalue weighted by Gasteiger charge is -2.08. The van der Waals surface area contributed by atoms with Crippen LogP contribution in [0.15, 0.2) is 60.1 Å². The van der Waals surface area contributed by atoms with Crippen LogP contribution in [-0.4, -0.2) is 10.2 Å². The first-order chi connectivity index (χ1) is 13.3. The second kappa shape index (κ2) is 10.5. The molecule has 4 nitrogen and oxygen atoms in total. The van der Waals surface area contributed by atoms with Gasteiger partial charge in [0.25, 0.3) is 0 Å². The number of allylic oxidation sites excluding steroid dienone is 2. The van der Waals surface area contributed by atoms with Gasteiger partial charge in [-0.1, -0.05) is 12.1 Å². The zero-order valence-electron chi connectivity index (χ0n) is 17.2. The highest BCUT2D eigenvalue weighted by molar-refractivity contribution is 5.43. The van der Waals surface area contributed by atoms with E-state index in [-0.39, 0.29) is 11.5 Å². The number of hydrogen-bond donors (Lipinski definition) is 2. The highest BCUT2D eigenvalue weighted by Gasteiger charge is 2.05. The summed E-state index contributed by atoms with van der Waals surface area (Å²) in [5, 5.41) is 20.2. The van der Waals surface area contributed by atoms with E-state index in [1.54, 1.807) is 36.8 Å². The molecule has 2 aromatic rings. The number of benzene rings is 2. The van der Waals surface area contributed by atoms with Crippen LogP contribution >= 0.6 is 0 Å². The molecule has 0 aromatic heterocycles. The van der Waals surface area contributed by atoms with Crippen molar-refractivity contribution in [3.05, 3.63) is 71.2 Å². The van der Waals surface area contributed by atoms with Crippen LogP contribution < -0.4 is 9.47 Å². The standard InChI is InChI=1S/C24H30O4/c1-17(2)15-27-23-11-9-19(13-21(23)25)7-5-6-8-20-10-12-24(22(26)14-20)28-16-18(3)4/h9-16,25-26H,5-8H2,1-4H3. The summed E-state index contributed by atoms with van der Waals surface area (Å²) in [6, 6.07) is 11.1. The van der Waals surface area contributed by atoms with Gasteiger partial charge in [-0.05, 0) is 99.9 Å². The lowest BCUT2D eigenvalue weighted by atomic mass is 10.0. The maximum atomic E-state index is 10.1. The minimum Gasteiger partial charge on any atom is -0.504 e. The van der Waals surface area contributed by atoms with Crippen molar-refractivity contribution in [2.45, 2.75) is 53.4 Å². The Morgan fingerprint density at radius 1 is 0.714 bits per heavy atom. The van der Waals surface area contributed by atoms with Crippen LogP contribution in [0.3, 0.4) is 0 Å². The molecule has 0 heterocycles. The van der Waals surface area contributed by atoms with Crippen LogP contribution in [0.5, 0.6) is 23.0 Å². The second-order valence-electron chi connectivity index (χ2n) is 7.44. The van der Waals surface area contributed by atoms with E-state index in [2.05, 4.69) is 0 Å². The minimum atomic E-state index is 0.159. The van der Waals surface area contributed by atoms with E-state index in [4.69, 9.17) is 9.47 Å². The molecule has 0 bridgehead atoms. The summed E-state index contributed by atoms with van der Waals surface area (Å²) in [6.45, 7) is 7.76. The largest absolute Gasteiger partial charge is 0.504 e. The number of ether oxygens (including phenoxy) is 2. The highest BCUT2D eigenvalue weighted by atomic mass is 16.5. The van der Waals surface area contributed by atoms with E-state index >= 15 is 0 Å². The van der Waals surface area contributed by atoms with Gasteiger partial charge >= 0.3 is 0 Å². The van der Waals surface area contributed by atoms with Gasteiger partial charge in [0.05, 0.1) is 12.5 Å². The third-order valence-corrected chi connectivity index (χ3v) is 4.07. The van der Waals surface area contributed by atoms with Crippen LogP contribution in [-0.2, 0) is 12.8 Å². The van der Waals surface area contributed by atoms with Crippen molar-refractivity contribution in [1.29, 1.82) is 0 Å². The van der Waals surface area contributed by atoms with E-state index in [0.717, 1.165) is 48.0 Å². The summed E-state index contributed by atoms with van der Waals surface area (Å²) < 4.78 is 10.9. The molecule has 4 heteroatoms. The van der Waals surface area contributed by atoms with E-state index < -0.39 is 0 Å². The fourth-order valence-electron chi connectivity index (χ4n) is 2.66. The van der Waals surface area contributed by atoms with Crippen molar-refractivity contribution in [1.82, 2.24) is 0 Å². The maximum Gasteiger partial charge on any atom is 0.168 e. The van der Waals surface area contributed by atoms with Gasteiger partial charge in [-0.3, -0.25) is 0 Å². The first-order valence-corrected chi connectivity index (χ1v) is 9.59. The van der Waals surface area contributed by atoms with Gasteiger partial charge in [0.1, 0.15) is 0 Å². The lowest BCUT2D eigenvalue weighted by Crippen LogP contribution is -1.92. The van der Waals surface area contributed by atoms with E-state index in [1.807, 2.05) is 39.8 Å². The summed E-state index contributed by atoms with van der Waals surface area (Å²) in [6.07, 6.45) is 6.99. The smallest absolute Gasteiger partial charge is 0.168 e. The number of phenolic OH excluding ortho intramolecular Hbond substituents is 2. The number of unbranched alkanes of at least 4 members (excludes halogenated alkanes) is 1. The summed E-state index contributed by atoms with van der Waals surface area (Å²) >= 11 is 0. The molecule has 0 spiro atoms. The topological polar surface area (TPSA) is 58.9 Å². The van der Waals surface area contributed by atoms with Gasteiger partial charge in [0, 0.05) is 0 Å². The van der Waals surface area contributed by atoms with E-state index in [9.17, 15) is 10.2 Å². The SMILES string of the molecule is CC(C)=COc1ccc(CCCCc2ccc(OC=C(C)C)c(O)c2)cc1O. The van der Waals surface area contributed by atoms with Crippen LogP contribution in [0.25, 0.3) is 0 Å². The molecule has 0 aliphatic heterocycles. The van der Waals surface area contributed by atoms with Gasteiger partial charge in [-0.25, -0.2) is 0 Å².